The molecular weight excluding hydrogens is 206 g/mol. The molecule has 0 saturated carbocycles. The highest BCUT2D eigenvalue weighted by atomic mass is 16.6. The lowest BCUT2D eigenvalue weighted by Gasteiger charge is -2.34. The van der Waals surface area contributed by atoms with Crippen LogP contribution in [0.25, 0.3) is 0 Å². The van der Waals surface area contributed by atoms with Gasteiger partial charge in [-0.05, 0) is 41.0 Å². The molecular formula is C12H23NO3. The van der Waals surface area contributed by atoms with Crippen molar-refractivity contribution in [3.05, 3.63) is 0 Å². The predicted molar refractivity (Wildman–Crippen MR) is 62.2 cm³/mol. The molecule has 0 bridgehead atoms. The first-order valence-corrected chi connectivity index (χ1v) is 5.83. The number of hydrogen-bond donors (Lipinski definition) is 0. The molecule has 0 radical (unpaired) electrons. The summed E-state index contributed by atoms with van der Waals surface area (Å²) in [5.41, 5.74) is -1.03. The van der Waals surface area contributed by atoms with Crippen LogP contribution >= 0.6 is 0 Å². The summed E-state index contributed by atoms with van der Waals surface area (Å²) in [5, 5.41) is 0. The van der Waals surface area contributed by atoms with E-state index < -0.39 is 11.3 Å². The average molecular weight is 229 g/mol. The normalized spacial score (nSPS) is 24.6. The zero-order valence-corrected chi connectivity index (χ0v) is 11.2. The lowest BCUT2D eigenvalue weighted by Crippen LogP contribution is -2.49. The van der Waals surface area contributed by atoms with Crippen LogP contribution in [0.15, 0.2) is 0 Å². The Hall–Kier alpha value is -0.770. The van der Waals surface area contributed by atoms with Gasteiger partial charge in [-0.25, -0.2) is 4.79 Å². The van der Waals surface area contributed by atoms with Crippen molar-refractivity contribution in [1.29, 1.82) is 0 Å². The molecule has 0 aromatic rings. The van der Waals surface area contributed by atoms with Gasteiger partial charge in [-0.2, -0.15) is 0 Å². The number of carbonyl (C=O) groups is 1. The average Bonchev–Trinajstić information content (AvgIpc) is 2.37. The maximum Gasteiger partial charge on any atom is 0.412 e. The second-order valence-electron chi connectivity index (χ2n) is 5.67. The molecule has 4 nitrogen and oxygen atoms in total. The SMILES string of the molecule is CC[C@H]1COC(C)(C)N1C(=O)OC(C)(C)C. The number of nitrogens with zero attached hydrogens (tertiary/aromatic N) is 1. The highest BCUT2D eigenvalue weighted by Gasteiger charge is 2.44. The van der Waals surface area contributed by atoms with E-state index in [0.29, 0.717) is 6.61 Å². The third-order valence-corrected chi connectivity index (χ3v) is 2.64. The predicted octanol–water partition coefficient (Wildman–Crippen LogP) is 2.77. The highest BCUT2D eigenvalue weighted by Crippen LogP contribution is 2.30. The monoisotopic (exact) mass is 229 g/mol. The van der Waals surface area contributed by atoms with E-state index >= 15 is 0 Å². The third-order valence-electron chi connectivity index (χ3n) is 2.64. The molecule has 0 spiro atoms. The van der Waals surface area contributed by atoms with Crippen LogP contribution in [-0.2, 0) is 9.47 Å². The highest BCUT2D eigenvalue weighted by molar-refractivity contribution is 5.69. The number of rotatable bonds is 1. The van der Waals surface area contributed by atoms with E-state index in [2.05, 4.69) is 0 Å². The van der Waals surface area contributed by atoms with Crippen LogP contribution in [0, 0.1) is 0 Å². The van der Waals surface area contributed by atoms with Gasteiger partial charge in [0, 0.05) is 0 Å². The summed E-state index contributed by atoms with van der Waals surface area (Å²) in [7, 11) is 0. The molecule has 0 unspecified atom stereocenters. The van der Waals surface area contributed by atoms with E-state index in [1.165, 1.54) is 0 Å². The quantitative estimate of drug-likeness (QED) is 0.694. The maximum absolute atomic E-state index is 12.1. The van der Waals surface area contributed by atoms with Crippen molar-refractivity contribution in [3.8, 4) is 0 Å². The fourth-order valence-electron chi connectivity index (χ4n) is 1.86. The van der Waals surface area contributed by atoms with Crippen molar-refractivity contribution in [1.82, 2.24) is 4.90 Å². The summed E-state index contributed by atoms with van der Waals surface area (Å²) in [6.07, 6.45) is 0.588. The van der Waals surface area contributed by atoms with Crippen LogP contribution in [0.3, 0.4) is 0 Å². The van der Waals surface area contributed by atoms with E-state index in [9.17, 15) is 4.79 Å². The molecule has 1 atom stereocenters. The summed E-state index contributed by atoms with van der Waals surface area (Å²) < 4.78 is 11.0. The summed E-state index contributed by atoms with van der Waals surface area (Å²) in [5.74, 6) is 0. The minimum Gasteiger partial charge on any atom is -0.444 e. The summed E-state index contributed by atoms with van der Waals surface area (Å²) >= 11 is 0. The van der Waals surface area contributed by atoms with Crippen molar-refractivity contribution in [2.45, 2.75) is 65.3 Å². The minimum atomic E-state index is -0.566. The van der Waals surface area contributed by atoms with E-state index in [1.54, 1.807) is 4.90 Å². The van der Waals surface area contributed by atoms with Gasteiger partial charge >= 0.3 is 6.09 Å². The van der Waals surface area contributed by atoms with E-state index in [1.807, 2.05) is 41.5 Å². The van der Waals surface area contributed by atoms with Gasteiger partial charge < -0.3 is 9.47 Å². The first-order valence-electron chi connectivity index (χ1n) is 5.83. The van der Waals surface area contributed by atoms with Gasteiger partial charge in [-0.3, -0.25) is 4.90 Å². The molecule has 1 aliphatic rings. The van der Waals surface area contributed by atoms with Crippen molar-refractivity contribution in [2.75, 3.05) is 6.61 Å². The zero-order valence-electron chi connectivity index (χ0n) is 11.2. The molecule has 1 amide bonds. The number of amides is 1. The van der Waals surface area contributed by atoms with Crippen LogP contribution in [-0.4, -0.2) is 35.0 Å². The van der Waals surface area contributed by atoms with E-state index in [0.717, 1.165) is 6.42 Å². The Balaban J connectivity index is 2.79. The van der Waals surface area contributed by atoms with Crippen LogP contribution in [0.2, 0.25) is 0 Å². The Kier molecular flexibility index (Phi) is 3.53. The van der Waals surface area contributed by atoms with Crippen LogP contribution in [0.1, 0.15) is 48.0 Å². The number of ether oxygens (including phenoxy) is 2. The van der Waals surface area contributed by atoms with Crippen molar-refractivity contribution >= 4 is 6.09 Å². The van der Waals surface area contributed by atoms with Gasteiger partial charge in [0.2, 0.25) is 0 Å². The molecule has 1 heterocycles. The Labute approximate surface area is 97.9 Å². The number of carbonyl (C=O) groups excluding carboxylic acids is 1. The molecule has 0 aliphatic carbocycles. The van der Waals surface area contributed by atoms with Crippen LogP contribution in [0.4, 0.5) is 4.79 Å². The topological polar surface area (TPSA) is 38.8 Å². The van der Waals surface area contributed by atoms with Gasteiger partial charge in [0.1, 0.15) is 11.3 Å². The molecule has 1 fully saturated rings. The molecule has 1 aliphatic heterocycles. The fourth-order valence-corrected chi connectivity index (χ4v) is 1.86. The Morgan fingerprint density at radius 3 is 2.50 bits per heavy atom. The molecule has 16 heavy (non-hydrogen) atoms. The van der Waals surface area contributed by atoms with Crippen molar-refractivity contribution in [2.24, 2.45) is 0 Å². The molecule has 4 heteroatoms. The Morgan fingerprint density at radius 2 is 2.06 bits per heavy atom. The Morgan fingerprint density at radius 1 is 1.50 bits per heavy atom. The minimum absolute atomic E-state index is 0.116. The largest absolute Gasteiger partial charge is 0.444 e. The molecule has 0 aromatic carbocycles. The summed E-state index contributed by atoms with van der Waals surface area (Å²) in [4.78, 5) is 13.8. The second kappa shape index (κ2) is 4.24. The van der Waals surface area contributed by atoms with Gasteiger partial charge in [-0.1, -0.05) is 6.92 Å². The summed E-state index contributed by atoms with van der Waals surface area (Å²) in [6.45, 7) is 12.0. The molecule has 0 aromatic heterocycles. The van der Waals surface area contributed by atoms with Crippen LogP contribution < -0.4 is 0 Å². The zero-order chi connectivity index (χ0) is 12.6. The van der Waals surface area contributed by atoms with Gasteiger partial charge in [0.05, 0.1) is 12.6 Å². The van der Waals surface area contributed by atoms with Crippen LogP contribution in [0.5, 0.6) is 0 Å². The molecule has 94 valence electrons. The Bertz CT molecular complexity index is 268. The van der Waals surface area contributed by atoms with Gasteiger partial charge in [-0.15, -0.1) is 0 Å². The fraction of sp³-hybridized carbons (Fsp3) is 0.917. The van der Waals surface area contributed by atoms with Crippen molar-refractivity contribution in [3.63, 3.8) is 0 Å². The molecule has 1 saturated heterocycles. The standard InChI is InChI=1S/C12H23NO3/c1-7-9-8-15-12(5,6)13(9)10(14)16-11(2,3)4/h9H,7-8H2,1-6H3/t9-/m0/s1. The van der Waals surface area contributed by atoms with E-state index in [-0.39, 0.29) is 12.1 Å². The number of hydrogen-bond acceptors (Lipinski definition) is 3. The molecule has 1 rings (SSSR count). The first kappa shape index (κ1) is 13.3. The maximum atomic E-state index is 12.1. The second-order valence-corrected chi connectivity index (χ2v) is 5.67. The smallest absolute Gasteiger partial charge is 0.412 e. The van der Waals surface area contributed by atoms with Gasteiger partial charge in [0.15, 0.2) is 0 Å². The first-order chi connectivity index (χ1) is 7.17. The lowest BCUT2D eigenvalue weighted by molar-refractivity contribution is -0.0625. The van der Waals surface area contributed by atoms with Gasteiger partial charge in [0.25, 0.3) is 0 Å². The van der Waals surface area contributed by atoms with E-state index in [4.69, 9.17) is 9.47 Å². The lowest BCUT2D eigenvalue weighted by atomic mass is 10.2. The summed E-state index contributed by atoms with van der Waals surface area (Å²) in [6, 6.07) is 0.116. The third kappa shape index (κ3) is 2.88. The molecule has 0 N–H and O–H groups in total. The van der Waals surface area contributed by atoms with Crippen molar-refractivity contribution < 1.29 is 14.3 Å².